The van der Waals surface area contributed by atoms with Gasteiger partial charge in [0.2, 0.25) is 5.16 Å². The van der Waals surface area contributed by atoms with E-state index in [-0.39, 0.29) is 11.5 Å². The summed E-state index contributed by atoms with van der Waals surface area (Å²) in [6.07, 6.45) is 1.72. The van der Waals surface area contributed by atoms with Crippen LogP contribution in [-0.2, 0) is 0 Å². The summed E-state index contributed by atoms with van der Waals surface area (Å²) in [5, 5.41) is 7.51. The average Bonchev–Trinajstić information content (AvgIpc) is 3.30. The Bertz CT molecular complexity index is 830. The van der Waals surface area contributed by atoms with Crippen LogP contribution in [0.4, 0.5) is 0 Å². The number of hydrogen-bond acceptors (Lipinski definition) is 6. The third-order valence-corrected chi connectivity index (χ3v) is 4.21. The van der Waals surface area contributed by atoms with E-state index in [9.17, 15) is 4.79 Å². The van der Waals surface area contributed by atoms with E-state index in [4.69, 9.17) is 9.47 Å². The van der Waals surface area contributed by atoms with Crippen LogP contribution in [0.5, 0.6) is 11.5 Å². The molecule has 2 aromatic heterocycles. The van der Waals surface area contributed by atoms with Gasteiger partial charge in [-0.3, -0.25) is 9.89 Å². The van der Waals surface area contributed by atoms with Crippen LogP contribution < -0.4 is 9.47 Å². The summed E-state index contributed by atoms with van der Waals surface area (Å²) in [7, 11) is 3.18. The van der Waals surface area contributed by atoms with Crippen molar-refractivity contribution >= 4 is 17.5 Å². The molecule has 1 aromatic carbocycles. The number of aromatic nitrogens is 4. The molecule has 0 fully saturated rings. The van der Waals surface area contributed by atoms with Crippen molar-refractivity contribution in [3.8, 4) is 22.9 Å². The number of ether oxygens (including phenoxy) is 2. The molecule has 3 rings (SSSR count). The highest BCUT2D eigenvalue weighted by Gasteiger charge is 2.14. The zero-order valence-electron chi connectivity index (χ0n) is 13.2. The Balaban J connectivity index is 1.72. The Kier molecular flexibility index (Phi) is 4.85. The Morgan fingerprint density at radius 1 is 1.25 bits per heavy atom. The normalized spacial score (nSPS) is 10.6. The molecule has 0 aliphatic carbocycles. The van der Waals surface area contributed by atoms with Crippen molar-refractivity contribution in [1.29, 1.82) is 0 Å². The first-order chi connectivity index (χ1) is 11.7. The molecular weight excluding hydrogens is 328 g/mol. The van der Waals surface area contributed by atoms with Gasteiger partial charge in [-0.05, 0) is 24.3 Å². The molecule has 0 spiro atoms. The van der Waals surface area contributed by atoms with Gasteiger partial charge in [0, 0.05) is 12.3 Å². The summed E-state index contributed by atoms with van der Waals surface area (Å²) in [5.41, 5.74) is 1.35. The van der Waals surface area contributed by atoms with Crippen LogP contribution in [0, 0.1) is 0 Å². The van der Waals surface area contributed by atoms with Gasteiger partial charge in [0.05, 0.1) is 31.2 Å². The predicted molar refractivity (Wildman–Crippen MR) is 90.8 cm³/mol. The van der Waals surface area contributed by atoms with Crippen LogP contribution in [0.15, 0.2) is 41.7 Å². The molecule has 0 unspecified atom stereocenters. The smallest absolute Gasteiger partial charge is 0.209 e. The number of ketones is 1. The highest BCUT2D eigenvalue weighted by molar-refractivity contribution is 7.99. The van der Waals surface area contributed by atoms with E-state index in [1.54, 1.807) is 38.6 Å². The first kappa shape index (κ1) is 16.1. The number of nitrogens with zero attached hydrogens (tertiary/aromatic N) is 2. The fourth-order valence-corrected chi connectivity index (χ4v) is 2.82. The average molecular weight is 344 g/mol. The van der Waals surface area contributed by atoms with E-state index < -0.39 is 0 Å². The lowest BCUT2D eigenvalue weighted by Crippen LogP contribution is -2.02. The number of aromatic amines is 2. The van der Waals surface area contributed by atoms with E-state index in [0.717, 1.165) is 5.56 Å². The number of methoxy groups -OCH3 is 2. The lowest BCUT2D eigenvalue weighted by Gasteiger charge is -2.07. The molecule has 0 aliphatic heterocycles. The maximum atomic E-state index is 12.0. The van der Waals surface area contributed by atoms with Crippen molar-refractivity contribution in [2.75, 3.05) is 20.0 Å². The summed E-state index contributed by atoms with van der Waals surface area (Å²) in [4.78, 5) is 19.3. The largest absolute Gasteiger partial charge is 0.497 e. The summed E-state index contributed by atoms with van der Waals surface area (Å²) in [6.45, 7) is 0. The molecule has 0 amide bonds. The van der Waals surface area contributed by atoms with Crippen LogP contribution in [0.25, 0.3) is 11.4 Å². The lowest BCUT2D eigenvalue weighted by atomic mass is 10.2. The number of carbonyl (C=O) groups excluding carboxylic acids is 1. The molecule has 0 radical (unpaired) electrons. The number of hydrogen-bond donors (Lipinski definition) is 2. The molecule has 124 valence electrons. The fourth-order valence-electron chi connectivity index (χ4n) is 2.14. The quantitative estimate of drug-likeness (QED) is 0.506. The Morgan fingerprint density at radius 3 is 2.83 bits per heavy atom. The summed E-state index contributed by atoms with van der Waals surface area (Å²) >= 11 is 1.27. The molecule has 0 saturated carbocycles. The van der Waals surface area contributed by atoms with Gasteiger partial charge in [-0.15, -0.1) is 5.10 Å². The molecule has 2 heterocycles. The first-order valence-electron chi connectivity index (χ1n) is 7.15. The minimum Gasteiger partial charge on any atom is -0.497 e. The second kappa shape index (κ2) is 7.22. The van der Waals surface area contributed by atoms with Gasteiger partial charge in [0.25, 0.3) is 0 Å². The molecule has 0 bridgehead atoms. The Labute approximate surface area is 142 Å². The fraction of sp³-hybridized carbons (Fsp3) is 0.188. The predicted octanol–water partition coefficient (Wildman–Crippen LogP) is 2.79. The lowest BCUT2D eigenvalue weighted by molar-refractivity contribution is 0.101. The van der Waals surface area contributed by atoms with Gasteiger partial charge in [-0.1, -0.05) is 11.8 Å². The second-order valence-electron chi connectivity index (χ2n) is 4.83. The van der Waals surface area contributed by atoms with Crippen LogP contribution in [0.3, 0.4) is 0 Å². The number of nitrogens with one attached hydrogen (secondary N) is 2. The van der Waals surface area contributed by atoms with E-state index >= 15 is 0 Å². The Hall–Kier alpha value is -2.74. The van der Waals surface area contributed by atoms with Crippen LogP contribution in [-0.4, -0.2) is 45.9 Å². The van der Waals surface area contributed by atoms with E-state index in [0.29, 0.717) is 28.2 Å². The van der Waals surface area contributed by atoms with E-state index in [1.807, 2.05) is 12.1 Å². The number of H-pyrrole nitrogens is 2. The molecule has 8 heteroatoms. The topological polar surface area (TPSA) is 92.9 Å². The van der Waals surface area contributed by atoms with Gasteiger partial charge < -0.3 is 14.5 Å². The SMILES string of the molecule is COc1ccc(-c2nc(SCC(=O)c3ccc[nH]3)n[nH]2)c(OC)c1. The summed E-state index contributed by atoms with van der Waals surface area (Å²) in [6, 6.07) is 8.98. The number of Topliss-reactive ketones (excluding diaryl/α,β-unsaturated/α-hetero) is 1. The number of thioether (sulfide) groups is 1. The first-order valence-corrected chi connectivity index (χ1v) is 8.14. The van der Waals surface area contributed by atoms with Crippen molar-refractivity contribution < 1.29 is 14.3 Å². The molecule has 24 heavy (non-hydrogen) atoms. The van der Waals surface area contributed by atoms with Gasteiger partial charge >= 0.3 is 0 Å². The van der Waals surface area contributed by atoms with Gasteiger partial charge in [-0.25, -0.2) is 4.98 Å². The van der Waals surface area contributed by atoms with E-state index in [2.05, 4.69) is 20.2 Å². The molecule has 0 saturated heterocycles. The second-order valence-corrected chi connectivity index (χ2v) is 5.77. The summed E-state index contributed by atoms with van der Waals surface area (Å²) < 4.78 is 10.5. The number of benzene rings is 1. The monoisotopic (exact) mass is 344 g/mol. The van der Waals surface area contributed by atoms with Crippen molar-refractivity contribution in [2.45, 2.75) is 5.16 Å². The van der Waals surface area contributed by atoms with Gasteiger partial charge in [0.15, 0.2) is 11.6 Å². The third-order valence-electron chi connectivity index (χ3n) is 3.36. The molecule has 2 N–H and O–H groups in total. The maximum absolute atomic E-state index is 12.0. The third kappa shape index (κ3) is 3.43. The van der Waals surface area contributed by atoms with Crippen molar-refractivity contribution in [2.24, 2.45) is 0 Å². The zero-order valence-corrected chi connectivity index (χ0v) is 14.0. The number of rotatable bonds is 7. The van der Waals surface area contributed by atoms with Gasteiger partial charge in [0.1, 0.15) is 11.5 Å². The van der Waals surface area contributed by atoms with Crippen LogP contribution in [0.1, 0.15) is 10.5 Å². The van der Waals surface area contributed by atoms with Crippen LogP contribution >= 0.6 is 11.8 Å². The standard InChI is InChI=1S/C16H16N4O3S/c1-22-10-5-6-11(14(8-10)23-2)15-18-16(20-19-15)24-9-13(21)12-4-3-7-17-12/h3-8,17H,9H2,1-2H3,(H,18,19,20). The van der Waals surface area contributed by atoms with Crippen LogP contribution in [0.2, 0.25) is 0 Å². The highest BCUT2D eigenvalue weighted by atomic mass is 32.2. The van der Waals surface area contributed by atoms with Crippen molar-refractivity contribution in [3.05, 3.63) is 42.2 Å². The van der Waals surface area contributed by atoms with Crippen molar-refractivity contribution in [3.63, 3.8) is 0 Å². The number of carbonyl (C=O) groups is 1. The zero-order chi connectivity index (χ0) is 16.9. The van der Waals surface area contributed by atoms with Crippen molar-refractivity contribution in [1.82, 2.24) is 20.2 Å². The Morgan fingerprint density at radius 2 is 2.12 bits per heavy atom. The highest BCUT2D eigenvalue weighted by Crippen LogP contribution is 2.32. The maximum Gasteiger partial charge on any atom is 0.209 e. The molecular formula is C16H16N4O3S. The minimum atomic E-state index is -0.00150. The summed E-state index contributed by atoms with van der Waals surface area (Å²) in [5.74, 6) is 2.16. The molecule has 7 nitrogen and oxygen atoms in total. The molecule has 0 atom stereocenters. The molecule has 3 aromatic rings. The minimum absolute atomic E-state index is 0.00150. The molecule has 0 aliphatic rings. The van der Waals surface area contributed by atoms with E-state index in [1.165, 1.54) is 11.8 Å². The van der Waals surface area contributed by atoms with Gasteiger partial charge in [-0.2, -0.15) is 0 Å².